The van der Waals surface area contributed by atoms with Crippen molar-refractivity contribution in [2.75, 3.05) is 38.1 Å². The monoisotopic (exact) mass is 388 g/mol. The van der Waals surface area contributed by atoms with E-state index in [2.05, 4.69) is 10.1 Å². The molecule has 0 spiro atoms. The van der Waals surface area contributed by atoms with E-state index in [0.717, 1.165) is 5.56 Å². The van der Waals surface area contributed by atoms with Crippen LogP contribution in [0.15, 0.2) is 48.5 Å². The van der Waals surface area contributed by atoms with Crippen LogP contribution in [0.1, 0.15) is 5.56 Å². The molecule has 2 aromatic carbocycles. The molecule has 0 unspecified atom stereocenters. The van der Waals surface area contributed by atoms with Gasteiger partial charge >= 0.3 is 12.2 Å². The number of hydrogen-bond donors (Lipinski definition) is 1. The third-order valence-electron chi connectivity index (χ3n) is 3.89. The Morgan fingerprint density at radius 1 is 1.04 bits per heavy atom. The summed E-state index contributed by atoms with van der Waals surface area (Å²) in [4.78, 5) is 25.6. The lowest BCUT2D eigenvalue weighted by atomic mass is 10.2. The normalized spacial score (nSPS) is 10.5. The Morgan fingerprint density at radius 3 is 2.32 bits per heavy atom. The first-order valence-corrected chi connectivity index (χ1v) is 8.53. The highest BCUT2D eigenvalue weighted by Crippen LogP contribution is 2.22. The fourth-order valence-electron chi connectivity index (χ4n) is 2.37. The van der Waals surface area contributed by atoms with Crippen LogP contribution < -0.4 is 15.0 Å². The maximum absolute atomic E-state index is 12.8. The van der Waals surface area contributed by atoms with E-state index in [1.807, 2.05) is 31.2 Å². The van der Waals surface area contributed by atoms with Crippen molar-refractivity contribution in [1.82, 2.24) is 0 Å². The molecule has 1 N–H and O–H groups in total. The van der Waals surface area contributed by atoms with Crippen molar-refractivity contribution in [1.29, 1.82) is 0 Å². The Balaban J connectivity index is 2.21. The van der Waals surface area contributed by atoms with E-state index in [-0.39, 0.29) is 12.3 Å². The lowest BCUT2D eigenvalue weighted by molar-refractivity contribution is -0.0943. The van der Waals surface area contributed by atoms with Crippen molar-refractivity contribution in [3.63, 3.8) is 0 Å². The van der Waals surface area contributed by atoms with Crippen LogP contribution in [0.5, 0.6) is 5.75 Å². The number of methoxy groups -OCH3 is 3. The fraction of sp³-hybridized carbons (Fsp3) is 0.300. The van der Waals surface area contributed by atoms with Gasteiger partial charge in [-0.1, -0.05) is 23.8 Å². The zero-order valence-corrected chi connectivity index (χ0v) is 16.3. The standard InChI is InChI=1S/C20H24N2O6/c1-14-8-10-16(11-9-14)22(13-18(25-2)26-3)20(24)28-17-7-5-6-15(12-17)21-19(23)27-4/h5-12,18H,13H2,1-4H3,(H,21,23). The molecule has 0 aliphatic rings. The number of carbonyl (C=O) groups excluding carboxylic acids is 2. The summed E-state index contributed by atoms with van der Waals surface area (Å²) in [6, 6.07) is 13.8. The quantitative estimate of drug-likeness (QED) is 0.726. The molecule has 2 amide bonds. The van der Waals surface area contributed by atoms with E-state index in [9.17, 15) is 9.59 Å². The Kier molecular flexibility index (Phi) is 7.79. The first-order chi connectivity index (χ1) is 13.5. The number of ether oxygens (including phenoxy) is 4. The first kappa shape index (κ1) is 21.2. The van der Waals surface area contributed by atoms with E-state index in [1.54, 1.807) is 18.2 Å². The zero-order chi connectivity index (χ0) is 20.5. The van der Waals surface area contributed by atoms with Crippen LogP contribution in [0.25, 0.3) is 0 Å². The van der Waals surface area contributed by atoms with Crippen molar-refractivity contribution >= 4 is 23.6 Å². The lowest BCUT2D eigenvalue weighted by Crippen LogP contribution is -2.40. The maximum Gasteiger partial charge on any atom is 0.419 e. The van der Waals surface area contributed by atoms with Crippen LogP contribution in [0.2, 0.25) is 0 Å². The van der Waals surface area contributed by atoms with Crippen LogP contribution in [-0.2, 0) is 14.2 Å². The summed E-state index contributed by atoms with van der Waals surface area (Å²) in [6.45, 7) is 2.09. The van der Waals surface area contributed by atoms with Crippen molar-refractivity contribution in [2.45, 2.75) is 13.2 Å². The number of aryl methyl sites for hydroxylation is 1. The number of carbonyl (C=O) groups is 2. The van der Waals surface area contributed by atoms with Gasteiger partial charge in [-0.3, -0.25) is 10.2 Å². The second-order valence-corrected chi connectivity index (χ2v) is 5.86. The number of nitrogens with zero attached hydrogens (tertiary/aromatic N) is 1. The van der Waals surface area contributed by atoms with Crippen LogP contribution in [0.4, 0.5) is 21.0 Å². The molecule has 2 aromatic rings. The largest absolute Gasteiger partial charge is 0.453 e. The molecule has 0 aliphatic carbocycles. The first-order valence-electron chi connectivity index (χ1n) is 8.53. The summed E-state index contributed by atoms with van der Waals surface area (Å²) in [5.41, 5.74) is 2.14. The van der Waals surface area contributed by atoms with Gasteiger partial charge in [0.1, 0.15) is 5.75 Å². The maximum atomic E-state index is 12.8. The summed E-state index contributed by atoms with van der Waals surface area (Å²) in [5.74, 6) is 0.266. The summed E-state index contributed by atoms with van der Waals surface area (Å²) in [7, 11) is 4.25. The van der Waals surface area contributed by atoms with Crippen molar-refractivity contribution in [2.24, 2.45) is 0 Å². The van der Waals surface area contributed by atoms with Gasteiger partial charge in [0.2, 0.25) is 0 Å². The zero-order valence-electron chi connectivity index (χ0n) is 16.3. The predicted molar refractivity (Wildman–Crippen MR) is 105 cm³/mol. The third kappa shape index (κ3) is 5.97. The van der Waals surface area contributed by atoms with Crippen molar-refractivity contribution < 1.29 is 28.5 Å². The van der Waals surface area contributed by atoms with Crippen molar-refractivity contribution in [3.8, 4) is 5.75 Å². The second kappa shape index (κ2) is 10.3. The average molecular weight is 388 g/mol. The lowest BCUT2D eigenvalue weighted by Gasteiger charge is -2.25. The van der Waals surface area contributed by atoms with Gasteiger partial charge in [-0.15, -0.1) is 0 Å². The molecule has 28 heavy (non-hydrogen) atoms. The summed E-state index contributed by atoms with van der Waals surface area (Å²) < 4.78 is 20.5. The molecule has 0 heterocycles. The Labute approximate surface area is 163 Å². The minimum absolute atomic E-state index is 0.134. The topological polar surface area (TPSA) is 86.3 Å². The third-order valence-corrected chi connectivity index (χ3v) is 3.89. The second-order valence-electron chi connectivity index (χ2n) is 5.86. The molecule has 150 valence electrons. The molecular weight excluding hydrogens is 364 g/mol. The molecule has 0 aliphatic heterocycles. The van der Waals surface area contributed by atoms with Gasteiger partial charge in [0.15, 0.2) is 6.29 Å². The number of amides is 2. The molecule has 8 heteroatoms. The number of anilines is 2. The van der Waals surface area contributed by atoms with Gasteiger partial charge < -0.3 is 18.9 Å². The highest BCUT2D eigenvalue weighted by Gasteiger charge is 2.22. The van der Waals surface area contributed by atoms with Gasteiger partial charge in [0.25, 0.3) is 0 Å². The minimum atomic E-state index is -0.624. The Bertz CT molecular complexity index is 790. The van der Waals surface area contributed by atoms with Crippen molar-refractivity contribution in [3.05, 3.63) is 54.1 Å². The van der Waals surface area contributed by atoms with Gasteiger partial charge in [-0.05, 0) is 31.2 Å². The minimum Gasteiger partial charge on any atom is -0.453 e. The Morgan fingerprint density at radius 2 is 1.71 bits per heavy atom. The van der Waals surface area contributed by atoms with Gasteiger partial charge in [-0.2, -0.15) is 0 Å². The molecule has 0 fully saturated rings. The van der Waals surface area contributed by atoms with E-state index in [0.29, 0.717) is 11.4 Å². The molecule has 0 saturated carbocycles. The van der Waals surface area contributed by atoms with Crippen LogP contribution in [-0.4, -0.2) is 46.4 Å². The van der Waals surface area contributed by atoms with Gasteiger partial charge in [0, 0.05) is 31.7 Å². The molecule has 0 radical (unpaired) electrons. The highest BCUT2D eigenvalue weighted by molar-refractivity contribution is 5.90. The van der Waals surface area contributed by atoms with E-state index in [1.165, 1.54) is 32.3 Å². The van der Waals surface area contributed by atoms with Crippen LogP contribution in [0, 0.1) is 6.92 Å². The van der Waals surface area contributed by atoms with Gasteiger partial charge in [0.05, 0.1) is 13.7 Å². The molecule has 2 rings (SSSR count). The van der Waals surface area contributed by atoms with Gasteiger partial charge in [-0.25, -0.2) is 9.59 Å². The number of nitrogens with one attached hydrogen (secondary N) is 1. The fourth-order valence-corrected chi connectivity index (χ4v) is 2.37. The molecule has 0 saturated heterocycles. The smallest absolute Gasteiger partial charge is 0.419 e. The summed E-state index contributed by atoms with van der Waals surface area (Å²) >= 11 is 0. The van der Waals surface area contributed by atoms with Crippen LogP contribution in [0.3, 0.4) is 0 Å². The molecule has 0 aromatic heterocycles. The highest BCUT2D eigenvalue weighted by atomic mass is 16.7. The number of benzene rings is 2. The Hall–Kier alpha value is -3.10. The summed E-state index contributed by atoms with van der Waals surface area (Å²) in [6.07, 6.45) is -1.85. The van der Waals surface area contributed by atoms with E-state index < -0.39 is 18.5 Å². The van der Waals surface area contributed by atoms with E-state index in [4.69, 9.17) is 14.2 Å². The molecule has 0 bridgehead atoms. The van der Waals surface area contributed by atoms with Crippen LogP contribution >= 0.6 is 0 Å². The predicted octanol–water partition coefficient (Wildman–Crippen LogP) is 3.80. The molecular formula is C20H24N2O6. The molecule has 0 atom stereocenters. The number of hydrogen-bond acceptors (Lipinski definition) is 6. The van der Waals surface area contributed by atoms with E-state index >= 15 is 0 Å². The summed E-state index contributed by atoms with van der Waals surface area (Å²) in [5, 5.41) is 2.52. The average Bonchev–Trinajstić information content (AvgIpc) is 2.70. The molecule has 8 nitrogen and oxygen atoms in total. The number of rotatable bonds is 7. The SMILES string of the molecule is COC(=O)Nc1cccc(OC(=O)N(CC(OC)OC)c2ccc(C)cc2)c1.